The predicted octanol–water partition coefficient (Wildman–Crippen LogP) is 4.57. The summed E-state index contributed by atoms with van der Waals surface area (Å²) in [5.74, 6) is 1.28. The van der Waals surface area contributed by atoms with E-state index < -0.39 is 0 Å². The van der Waals surface area contributed by atoms with Crippen LogP contribution in [-0.2, 0) is 0 Å². The summed E-state index contributed by atoms with van der Waals surface area (Å²) in [4.78, 5) is 4.67. The standard InChI is InChI=1S/C17H14ClNO2/c1-20-16-8-12-13(18)9-14(11-6-4-3-5-7-11)19-15(12)10-17(16)21-2/h3-10H,1-2H3. The summed E-state index contributed by atoms with van der Waals surface area (Å²) in [6.45, 7) is 0. The number of hydrogen-bond acceptors (Lipinski definition) is 3. The number of fused-ring (bicyclic) bond motifs is 1. The molecule has 0 saturated carbocycles. The van der Waals surface area contributed by atoms with Gasteiger partial charge in [0.25, 0.3) is 0 Å². The maximum atomic E-state index is 6.40. The van der Waals surface area contributed by atoms with Crippen LogP contribution in [-0.4, -0.2) is 19.2 Å². The van der Waals surface area contributed by atoms with Crippen LogP contribution in [0.2, 0.25) is 5.02 Å². The highest BCUT2D eigenvalue weighted by Gasteiger charge is 2.11. The molecule has 106 valence electrons. The van der Waals surface area contributed by atoms with Gasteiger partial charge in [-0.3, -0.25) is 0 Å². The molecule has 21 heavy (non-hydrogen) atoms. The number of nitrogens with zero attached hydrogens (tertiary/aromatic N) is 1. The number of methoxy groups -OCH3 is 2. The Labute approximate surface area is 128 Å². The van der Waals surface area contributed by atoms with Gasteiger partial charge in [0.05, 0.1) is 30.5 Å². The molecular weight excluding hydrogens is 286 g/mol. The number of pyridine rings is 1. The SMILES string of the molecule is COc1cc2nc(-c3ccccc3)cc(Cl)c2cc1OC. The molecule has 3 nitrogen and oxygen atoms in total. The second-order valence-electron chi connectivity index (χ2n) is 4.58. The van der Waals surface area contributed by atoms with Crippen LogP contribution in [0.4, 0.5) is 0 Å². The first-order valence-electron chi connectivity index (χ1n) is 6.50. The van der Waals surface area contributed by atoms with Crippen LogP contribution in [0, 0.1) is 0 Å². The summed E-state index contributed by atoms with van der Waals surface area (Å²) in [5.41, 5.74) is 2.63. The lowest BCUT2D eigenvalue weighted by Crippen LogP contribution is -1.93. The summed E-state index contributed by atoms with van der Waals surface area (Å²) in [6, 6.07) is 15.5. The van der Waals surface area contributed by atoms with Gasteiger partial charge in [0.15, 0.2) is 11.5 Å². The van der Waals surface area contributed by atoms with Crippen LogP contribution < -0.4 is 9.47 Å². The maximum Gasteiger partial charge on any atom is 0.162 e. The number of benzene rings is 2. The Hall–Kier alpha value is -2.26. The summed E-state index contributed by atoms with van der Waals surface area (Å²) in [7, 11) is 3.20. The van der Waals surface area contributed by atoms with Crippen molar-refractivity contribution in [3.63, 3.8) is 0 Å². The third kappa shape index (κ3) is 2.52. The van der Waals surface area contributed by atoms with Crippen LogP contribution in [0.3, 0.4) is 0 Å². The lowest BCUT2D eigenvalue weighted by molar-refractivity contribution is 0.356. The van der Waals surface area contributed by atoms with Crippen molar-refractivity contribution in [1.82, 2.24) is 4.98 Å². The molecule has 0 spiro atoms. The largest absolute Gasteiger partial charge is 0.493 e. The molecule has 0 aliphatic carbocycles. The first-order valence-corrected chi connectivity index (χ1v) is 6.88. The van der Waals surface area contributed by atoms with Gasteiger partial charge in [-0.15, -0.1) is 0 Å². The Morgan fingerprint density at radius 2 is 1.57 bits per heavy atom. The minimum atomic E-state index is 0.638. The second-order valence-corrected chi connectivity index (χ2v) is 4.99. The number of halogens is 1. The fourth-order valence-electron chi connectivity index (χ4n) is 2.27. The van der Waals surface area contributed by atoms with Crippen molar-refractivity contribution in [2.75, 3.05) is 14.2 Å². The molecule has 0 N–H and O–H groups in total. The minimum absolute atomic E-state index is 0.638. The topological polar surface area (TPSA) is 31.4 Å². The molecule has 0 saturated heterocycles. The molecule has 0 bridgehead atoms. The van der Waals surface area contributed by atoms with E-state index in [0.29, 0.717) is 16.5 Å². The zero-order valence-corrected chi connectivity index (χ0v) is 12.5. The van der Waals surface area contributed by atoms with E-state index in [-0.39, 0.29) is 0 Å². The van der Waals surface area contributed by atoms with Gasteiger partial charge in [-0.25, -0.2) is 4.98 Å². The normalized spacial score (nSPS) is 10.6. The molecule has 1 heterocycles. The Kier molecular flexibility index (Phi) is 3.67. The van der Waals surface area contributed by atoms with Crippen LogP contribution in [0.5, 0.6) is 11.5 Å². The van der Waals surface area contributed by atoms with Crippen molar-refractivity contribution in [2.24, 2.45) is 0 Å². The molecule has 0 unspecified atom stereocenters. The smallest absolute Gasteiger partial charge is 0.162 e. The van der Waals surface area contributed by atoms with Gasteiger partial charge in [0.2, 0.25) is 0 Å². The highest BCUT2D eigenvalue weighted by Crippen LogP contribution is 2.36. The van der Waals surface area contributed by atoms with E-state index in [1.54, 1.807) is 14.2 Å². The first kappa shape index (κ1) is 13.7. The second kappa shape index (κ2) is 5.62. The summed E-state index contributed by atoms with van der Waals surface area (Å²) in [5, 5.41) is 1.48. The van der Waals surface area contributed by atoms with E-state index in [9.17, 15) is 0 Å². The van der Waals surface area contributed by atoms with Crippen molar-refractivity contribution >= 4 is 22.5 Å². The molecule has 2 aromatic carbocycles. The average Bonchev–Trinajstić information content (AvgIpc) is 2.54. The van der Waals surface area contributed by atoms with Crippen molar-refractivity contribution in [1.29, 1.82) is 0 Å². The van der Waals surface area contributed by atoms with E-state index in [1.165, 1.54) is 0 Å². The van der Waals surface area contributed by atoms with Gasteiger partial charge < -0.3 is 9.47 Å². The van der Waals surface area contributed by atoms with E-state index in [0.717, 1.165) is 22.2 Å². The number of ether oxygens (including phenoxy) is 2. The fourth-order valence-corrected chi connectivity index (χ4v) is 2.52. The first-order chi connectivity index (χ1) is 10.2. The lowest BCUT2D eigenvalue weighted by Gasteiger charge is -2.11. The third-order valence-electron chi connectivity index (χ3n) is 3.33. The van der Waals surface area contributed by atoms with Gasteiger partial charge >= 0.3 is 0 Å². The van der Waals surface area contributed by atoms with Gasteiger partial charge in [0.1, 0.15) is 0 Å². The highest BCUT2D eigenvalue weighted by molar-refractivity contribution is 6.35. The zero-order chi connectivity index (χ0) is 14.8. The quantitative estimate of drug-likeness (QED) is 0.710. The van der Waals surface area contributed by atoms with Crippen molar-refractivity contribution < 1.29 is 9.47 Å². The molecule has 0 amide bonds. The summed E-state index contributed by atoms with van der Waals surface area (Å²) in [6.07, 6.45) is 0. The molecule has 0 fully saturated rings. The Balaban J connectivity index is 2.24. The monoisotopic (exact) mass is 299 g/mol. The molecule has 3 rings (SSSR count). The molecule has 0 atom stereocenters. The van der Waals surface area contributed by atoms with Crippen LogP contribution in [0.1, 0.15) is 0 Å². The van der Waals surface area contributed by atoms with E-state index in [1.807, 2.05) is 48.5 Å². The van der Waals surface area contributed by atoms with Gasteiger partial charge in [-0.05, 0) is 12.1 Å². The van der Waals surface area contributed by atoms with E-state index in [2.05, 4.69) is 4.98 Å². The average molecular weight is 300 g/mol. The molecular formula is C17H14ClNO2. The predicted molar refractivity (Wildman–Crippen MR) is 85.3 cm³/mol. The van der Waals surface area contributed by atoms with Crippen LogP contribution in [0.15, 0.2) is 48.5 Å². The zero-order valence-electron chi connectivity index (χ0n) is 11.8. The molecule has 3 aromatic rings. The van der Waals surface area contributed by atoms with Gasteiger partial charge in [-0.2, -0.15) is 0 Å². The van der Waals surface area contributed by atoms with Gasteiger partial charge in [-0.1, -0.05) is 41.9 Å². The van der Waals surface area contributed by atoms with E-state index >= 15 is 0 Å². The minimum Gasteiger partial charge on any atom is -0.493 e. The molecule has 0 radical (unpaired) electrons. The highest BCUT2D eigenvalue weighted by atomic mass is 35.5. The van der Waals surface area contributed by atoms with Crippen LogP contribution in [0.25, 0.3) is 22.2 Å². The Morgan fingerprint density at radius 1 is 0.905 bits per heavy atom. The molecule has 0 aliphatic heterocycles. The van der Waals surface area contributed by atoms with Crippen molar-refractivity contribution in [3.8, 4) is 22.8 Å². The molecule has 4 heteroatoms. The maximum absolute atomic E-state index is 6.40. The number of hydrogen-bond donors (Lipinski definition) is 0. The fraction of sp³-hybridized carbons (Fsp3) is 0.118. The van der Waals surface area contributed by atoms with Crippen molar-refractivity contribution in [3.05, 3.63) is 53.6 Å². The van der Waals surface area contributed by atoms with Crippen molar-refractivity contribution in [2.45, 2.75) is 0 Å². The van der Waals surface area contributed by atoms with E-state index in [4.69, 9.17) is 21.1 Å². The number of aromatic nitrogens is 1. The molecule has 0 aliphatic rings. The lowest BCUT2D eigenvalue weighted by atomic mass is 10.1. The number of rotatable bonds is 3. The van der Waals surface area contributed by atoms with Gasteiger partial charge in [0, 0.05) is 17.0 Å². The Morgan fingerprint density at radius 3 is 2.24 bits per heavy atom. The van der Waals surface area contributed by atoms with Crippen LogP contribution >= 0.6 is 11.6 Å². The Bertz CT molecular complexity index is 788. The summed E-state index contributed by atoms with van der Waals surface area (Å²) < 4.78 is 10.6. The third-order valence-corrected chi connectivity index (χ3v) is 3.65. The summed E-state index contributed by atoms with van der Waals surface area (Å²) >= 11 is 6.40. The molecule has 1 aromatic heterocycles.